The zero-order chi connectivity index (χ0) is 22.5. The Balaban J connectivity index is 1.39. The molecule has 166 valence electrons. The van der Waals surface area contributed by atoms with Crippen LogP contribution in [-0.2, 0) is 24.3 Å². The van der Waals surface area contributed by atoms with Gasteiger partial charge in [0.25, 0.3) is 5.91 Å². The topological polar surface area (TPSA) is 80.1 Å². The second-order valence-electron chi connectivity index (χ2n) is 7.37. The van der Waals surface area contributed by atoms with Crippen molar-refractivity contribution in [3.8, 4) is 0 Å². The highest BCUT2D eigenvalue weighted by Crippen LogP contribution is 2.28. The van der Waals surface area contributed by atoms with E-state index in [0.717, 1.165) is 18.5 Å². The smallest absolute Gasteiger partial charge is 0.254 e. The number of carbonyl (C=O) groups is 2. The van der Waals surface area contributed by atoms with Gasteiger partial charge < -0.3 is 14.8 Å². The van der Waals surface area contributed by atoms with Gasteiger partial charge >= 0.3 is 0 Å². The predicted octanol–water partition coefficient (Wildman–Crippen LogP) is 3.44. The lowest BCUT2D eigenvalue weighted by Gasteiger charge is -2.29. The molecule has 0 bridgehead atoms. The molecule has 1 aliphatic rings. The number of hydrogen-bond acceptors (Lipinski definition) is 5. The lowest BCUT2D eigenvalue weighted by Crippen LogP contribution is -2.36. The molecular weight excluding hydrogens is 429 g/mol. The van der Waals surface area contributed by atoms with Crippen molar-refractivity contribution in [3.63, 3.8) is 0 Å². The fourth-order valence-electron chi connectivity index (χ4n) is 3.77. The average Bonchev–Trinajstić information content (AvgIpc) is 3.22. The standard InChI is InChI=1S/C23H24FN5O2S/c1-2-28-20(14-25-22(31)17-10-4-5-11-18(17)24)26-27-23(28)32-15-21(30)29-13-7-9-16-8-3-6-12-19(16)29/h3-6,8,10-12H,2,7,9,13-15H2,1H3,(H,25,31). The Kier molecular flexibility index (Phi) is 6.84. The number of hydrogen-bond donors (Lipinski definition) is 1. The van der Waals surface area contributed by atoms with Gasteiger partial charge in [-0.3, -0.25) is 9.59 Å². The van der Waals surface area contributed by atoms with Gasteiger partial charge in [-0.25, -0.2) is 4.39 Å². The molecule has 2 amide bonds. The molecule has 2 aromatic carbocycles. The predicted molar refractivity (Wildman–Crippen MR) is 121 cm³/mol. The van der Waals surface area contributed by atoms with Gasteiger partial charge in [-0.2, -0.15) is 0 Å². The molecule has 0 fully saturated rings. The van der Waals surface area contributed by atoms with Gasteiger partial charge in [0.2, 0.25) is 5.91 Å². The second kappa shape index (κ2) is 9.95. The first-order valence-electron chi connectivity index (χ1n) is 10.5. The minimum Gasteiger partial charge on any atom is -0.345 e. The highest BCUT2D eigenvalue weighted by atomic mass is 32.2. The molecule has 0 aliphatic carbocycles. The van der Waals surface area contributed by atoms with Crippen LogP contribution in [0.3, 0.4) is 0 Å². The third kappa shape index (κ3) is 4.67. The first-order valence-corrected chi connectivity index (χ1v) is 11.5. The van der Waals surface area contributed by atoms with Crippen molar-refractivity contribution in [3.05, 3.63) is 71.3 Å². The molecule has 0 spiro atoms. The quantitative estimate of drug-likeness (QED) is 0.555. The molecule has 0 saturated heterocycles. The number of nitrogens with one attached hydrogen (secondary N) is 1. The lowest BCUT2D eigenvalue weighted by atomic mass is 10.0. The molecule has 3 aromatic rings. The summed E-state index contributed by atoms with van der Waals surface area (Å²) in [6.45, 7) is 3.35. The number of benzene rings is 2. The molecule has 9 heteroatoms. The number of rotatable bonds is 7. The van der Waals surface area contributed by atoms with Crippen LogP contribution in [0.25, 0.3) is 0 Å². The van der Waals surface area contributed by atoms with E-state index in [4.69, 9.17) is 0 Å². The maximum Gasteiger partial charge on any atom is 0.254 e. The molecule has 0 atom stereocenters. The van der Waals surface area contributed by atoms with Gasteiger partial charge in [-0.1, -0.05) is 42.1 Å². The van der Waals surface area contributed by atoms with Crippen LogP contribution >= 0.6 is 11.8 Å². The summed E-state index contributed by atoms with van der Waals surface area (Å²) in [6, 6.07) is 13.8. The Bertz CT molecular complexity index is 1130. The molecule has 4 rings (SSSR count). The summed E-state index contributed by atoms with van der Waals surface area (Å²) < 4.78 is 15.7. The van der Waals surface area contributed by atoms with Crippen LogP contribution in [0.4, 0.5) is 10.1 Å². The largest absolute Gasteiger partial charge is 0.345 e. The Morgan fingerprint density at radius 3 is 2.72 bits per heavy atom. The van der Waals surface area contributed by atoms with Crippen molar-refractivity contribution < 1.29 is 14.0 Å². The minimum atomic E-state index is -0.573. The van der Waals surface area contributed by atoms with E-state index in [-0.39, 0.29) is 23.8 Å². The minimum absolute atomic E-state index is 0.0166. The number of aryl methyl sites for hydroxylation is 1. The average molecular weight is 454 g/mol. The summed E-state index contributed by atoms with van der Waals surface area (Å²) in [5, 5.41) is 11.7. The number of anilines is 1. The summed E-state index contributed by atoms with van der Waals surface area (Å²) in [5.74, 6) is -0.260. The fourth-order valence-corrected chi connectivity index (χ4v) is 4.67. The first kappa shape index (κ1) is 22.0. The normalized spacial score (nSPS) is 13.0. The number of amides is 2. The SMILES string of the molecule is CCn1c(CNC(=O)c2ccccc2F)nnc1SCC(=O)N1CCCc2ccccc21. The van der Waals surface area contributed by atoms with Gasteiger partial charge in [0.05, 0.1) is 17.9 Å². The van der Waals surface area contributed by atoms with E-state index in [1.165, 1.54) is 35.5 Å². The molecule has 1 N–H and O–H groups in total. The van der Waals surface area contributed by atoms with Crippen LogP contribution in [0, 0.1) is 5.82 Å². The van der Waals surface area contributed by atoms with Crippen molar-refractivity contribution in [2.45, 2.75) is 38.0 Å². The van der Waals surface area contributed by atoms with Gasteiger partial charge in [0.15, 0.2) is 11.0 Å². The second-order valence-corrected chi connectivity index (χ2v) is 8.31. The molecule has 0 saturated carbocycles. The number of carbonyl (C=O) groups excluding carboxylic acids is 2. The zero-order valence-corrected chi connectivity index (χ0v) is 18.6. The van der Waals surface area contributed by atoms with Crippen LogP contribution in [0.2, 0.25) is 0 Å². The summed E-state index contributed by atoms with van der Waals surface area (Å²) in [5.41, 5.74) is 2.16. The van der Waals surface area contributed by atoms with Crippen LogP contribution < -0.4 is 10.2 Å². The van der Waals surface area contributed by atoms with Crippen LogP contribution in [-0.4, -0.2) is 38.9 Å². The monoisotopic (exact) mass is 453 g/mol. The van der Waals surface area contributed by atoms with E-state index in [9.17, 15) is 14.0 Å². The van der Waals surface area contributed by atoms with Crippen molar-refractivity contribution in [1.29, 1.82) is 0 Å². The first-order chi connectivity index (χ1) is 15.6. The van der Waals surface area contributed by atoms with E-state index in [1.54, 1.807) is 6.07 Å². The number of para-hydroxylation sites is 1. The van der Waals surface area contributed by atoms with Gasteiger partial charge in [0.1, 0.15) is 5.82 Å². The van der Waals surface area contributed by atoms with E-state index < -0.39 is 11.7 Å². The summed E-state index contributed by atoms with van der Waals surface area (Å²) >= 11 is 1.33. The Morgan fingerprint density at radius 1 is 1.12 bits per heavy atom. The highest BCUT2D eigenvalue weighted by Gasteiger charge is 2.23. The van der Waals surface area contributed by atoms with Crippen LogP contribution in [0.1, 0.15) is 35.1 Å². The molecule has 2 heterocycles. The molecule has 1 aliphatic heterocycles. The molecule has 1 aromatic heterocycles. The highest BCUT2D eigenvalue weighted by molar-refractivity contribution is 7.99. The van der Waals surface area contributed by atoms with Crippen molar-refractivity contribution >= 4 is 29.3 Å². The number of thioether (sulfide) groups is 1. The number of aromatic nitrogens is 3. The lowest BCUT2D eigenvalue weighted by molar-refractivity contribution is -0.116. The summed E-state index contributed by atoms with van der Waals surface area (Å²) in [4.78, 5) is 27.0. The Labute approximate surface area is 190 Å². The van der Waals surface area contributed by atoms with Gasteiger partial charge in [0, 0.05) is 18.8 Å². The third-order valence-corrected chi connectivity index (χ3v) is 6.32. The molecule has 0 unspecified atom stereocenters. The molecular formula is C23H24FN5O2S. The maximum atomic E-state index is 13.8. The summed E-state index contributed by atoms with van der Waals surface area (Å²) in [6.07, 6.45) is 1.93. The number of halogens is 1. The molecule has 0 radical (unpaired) electrons. The van der Waals surface area contributed by atoms with E-state index in [1.807, 2.05) is 34.6 Å². The molecule has 32 heavy (non-hydrogen) atoms. The number of nitrogens with zero attached hydrogens (tertiary/aromatic N) is 4. The Morgan fingerprint density at radius 2 is 1.91 bits per heavy atom. The maximum absolute atomic E-state index is 13.8. The van der Waals surface area contributed by atoms with Crippen molar-refractivity contribution in [2.24, 2.45) is 0 Å². The summed E-state index contributed by atoms with van der Waals surface area (Å²) in [7, 11) is 0. The molecule has 7 nitrogen and oxygen atoms in total. The van der Waals surface area contributed by atoms with Crippen LogP contribution in [0.15, 0.2) is 53.7 Å². The number of fused-ring (bicyclic) bond motifs is 1. The van der Waals surface area contributed by atoms with Crippen molar-refractivity contribution in [2.75, 3.05) is 17.2 Å². The Hall–Kier alpha value is -3.20. The third-order valence-electron chi connectivity index (χ3n) is 5.37. The zero-order valence-electron chi connectivity index (χ0n) is 17.8. The fraction of sp³-hybridized carbons (Fsp3) is 0.304. The van der Waals surface area contributed by atoms with Crippen molar-refractivity contribution in [1.82, 2.24) is 20.1 Å². The van der Waals surface area contributed by atoms with Crippen LogP contribution in [0.5, 0.6) is 0 Å². The van der Waals surface area contributed by atoms with Gasteiger partial charge in [-0.15, -0.1) is 10.2 Å². The van der Waals surface area contributed by atoms with Gasteiger partial charge in [-0.05, 0) is 43.5 Å². The van der Waals surface area contributed by atoms with E-state index >= 15 is 0 Å². The van der Waals surface area contributed by atoms with E-state index in [0.29, 0.717) is 24.1 Å². The van der Waals surface area contributed by atoms with E-state index in [2.05, 4.69) is 21.6 Å².